The zero-order valence-corrected chi connectivity index (χ0v) is 35.1. The van der Waals surface area contributed by atoms with Gasteiger partial charge in [-0.15, -0.1) is 5.10 Å². The highest BCUT2D eigenvalue weighted by Gasteiger charge is 2.30. The highest BCUT2D eigenvalue weighted by molar-refractivity contribution is 5.88. The van der Waals surface area contributed by atoms with Crippen molar-refractivity contribution >= 4 is 23.5 Å². The number of nitrogens with zero attached hydrogens (tertiary/aromatic N) is 4. The van der Waals surface area contributed by atoms with E-state index >= 15 is 0 Å². The summed E-state index contributed by atoms with van der Waals surface area (Å²) in [7, 11) is 1.73. The summed E-state index contributed by atoms with van der Waals surface area (Å²) >= 11 is 0. The lowest BCUT2D eigenvalue weighted by Crippen LogP contribution is -2.38. The Bertz CT molecular complexity index is 1740. The zero-order chi connectivity index (χ0) is 41.4. The second-order valence-corrected chi connectivity index (χ2v) is 15.6. The number of rotatable bonds is 24. The van der Waals surface area contributed by atoms with Gasteiger partial charge in [0.25, 0.3) is 0 Å². The lowest BCUT2D eigenvalue weighted by Gasteiger charge is -2.34. The van der Waals surface area contributed by atoms with E-state index in [-0.39, 0.29) is 49.3 Å². The number of Topliss-reactive ketones (excluding diaryl/α,β-unsaturated/α-hetero) is 1. The van der Waals surface area contributed by atoms with Gasteiger partial charge in [-0.1, -0.05) is 61.5 Å². The van der Waals surface area contributed by atoms with Crippen molar-refractivity contribution in [3.05, 3.63) is 54.1 Å². The molecule has 4 rings (SSSR count). The number of aliphatic hydroxyl groups excluding tert-OH is 1. The number of aromatic nitrogens is 3. The van der Waals surface area contributed by atoms with Crippen LogP contribution < -0.4 is 20.9 Å². The number of unbranched alkanes of at least 4 members (excludes halogenated alkanes) is 1. The summed E-state index contributed by atoms with van der Waals surface area (Å²) in [6.45, 7) is 14.7. The molecule has 0 fully saturated rings. The van der Waals surface area contributed by atoms with E-state index in [4.69, 9.17) is 14.2 Å². The van der Waals surface area contributed by atoms with Gasteiger partial charge in [0, 0.05) is 56.4 Å². The van der Waals surface area contributed by atoms with Crippen LogP contribution in [0.25, 0.3) is 22.5 Å². The highest BCUT2D eigenvalue weighted by Crippen LogP contribution is 2.41. The van der Waals surface area contributed by atoms with E-state index < -0.39 is 17.9 Å². The fourth-order valence-electron chi connectivity index (χ4n) is 6.95. The molecule has 14 heteroatoms. The van der Waals surface area contributed by atoms with Crippen molar-refractivity contribution in [3.8, 4) is 22.5 Å². The highest BCUT2D eigenvalue weighted by atomic mass is 16.5. The SMILES string of the molecule is CCNC(CCCCNC(=O)OCCn1nnc2c1-c1ccccc1N(C(O)CCC(=O)NCCC(C)(C)OCCC(C)(CC)OC)Cc1ccccc1-2)C(C)=O. The van der Waals surface area contributed by atoms with Crippen molar-refractivity contribution in [1.29, 1.82) is 0 Å². The molecule has 4 N–H and O–H groups in total. The minimum Gasteiger partial charge on any atom is -0.448 e. The number of para-hydroxylation sites is 1. The van der Waals surface area contributed by atoms with Gasteiger partial charge in [0.05, 0.1) is 36.1 Å². The fourth-order valence-corrected chi connectivity index (χ4v) is 6.95. The first-order chi connectivity index (χ1) is 27.3. The zero-order valence-electron chi connectivity index (χ0n) is 35.1. The van der Waals surface area contributed by atoms with Gasteiger partial charge in [-0.25, -0.2) is 9.48 Å². The largest absolute Gasteiger partial charge is 0.448 e. The van der Waals surface area contributed by atoms with Crippen molar-refractivity contribution in [2.45, 2.75) is 129 Å². The van der Waals surface area contributed by atoms with Gasteiger partial charge >= 0.3 is 6.09 Å². The number of anilines is 1. The fraction of sp³-hybridized carbons (Fsp3) is 0.605. The molecule has 0 spiro atoms. The maximum atomic E-state index is 13.0. The van der Waals surface area contributed by atoms with Crippen molar-refractivity contribution < 1.29 is 33.7 Å². The van der Waals surface area contributed by atoms with Crippen LogP contribution in [-0.2, 0) is 36.9 Å². The molecule has 3 unspecified atom stereocenters. The Hall–Kier alpha value is -4.37. The van der Waals surface area contributed by atoms with Crippen LogP contribution in [0.1, 0.15) is 98.5 Å². The molecule has 314 valence electrons. The van der Waals surface area contributed by atoms with Gasteiger partial charge in [0.15, 0.2) is 0 Å². The number of hydrogen-bond acceptors (Lipinski definition) is 11. The van der Waals surface area contributed by atoms with Crippen molar-refractivity contribution in [1.82, 2.24) is 30.9 Å². The van der Waals surface area contributed by atoms with Crippen LogP contribution >= 0.6 is 0 Å². The van der Waals surface area contributed by atoms with E-state index in [0.29, 0.717) is 38.4 Å². The first kappa shape index (κ1) is 45.3. The normalized spacial score (nSPS) is 14.6. The first-order valence-electron chi connectivity index (χ1n) is 20.5. The number of ketones is 1. The lowest BCUT2D eigenvalue weighted by molar-refractivity contribution is -0.122. The molecule has 57 heavy (non-hydrogen) atoms. The maximum Gasteiger partial charge on any atom is 0.407 e. The van der Waals surface area contributed by atoms with Crippen LogP contribution in [0.4, 0.5) is 10.5 Å². The van der Waals surface area contributed by atoms with E-state index in [2.05, 4.69) is 40.1 Å². The molecule has 2 heterocycles. The number of carbonyl (C=O) groups is 3. The number of carbonyl (C=O) groups excluding carboxylic acids is 3. The maximum absolute atomic E-state index is 13.0. The summed E-state index contributed by atoms with van der Waals surface area (Å²) in [5.74, 6) is -0.0180. The third kappa shape index (κ3) is 13.3. The smallest absolute Gasteiger partial charge is 0.407 e. The second-order valence-electron chi connectivity index (χ2n) is 15.6. The lowest BCUT2D eigenvalue weighted by atomic mass is 9.95. The van der Waals surface area contributed by atoms with Gasteiger partial charge in [-0.05, 0) is 84.4 Å². The number of fused-ring (bicyclic) bond motifs is 5. The Morgan fingerprint density at radius 1 is 0.930 bits per heavy atom. The number of hydrogen-bond donors (Lipinski definition) is 4. The summed E-state index contributed by atoms with van der Waals surface area (Å²) in [6, 6.07) is 15.5. The second kappa shape index (κ2) is 22.0. The van der Waals surface area contributed by atoms with Gasteiger partial charge in [-0.2, -0.15) is 0 Å². The van der Waals surface area contributed by atoms with E-state index in [1.807, 2.05) is 74.2 Å². The molecule has 1 aliphatic rings. The molecule has 3 atom stereocenters. The summed E-state index contributed by atoms with van der Waals surface area (Å²) in [4.78, 5) is 39.2. The molecule has 0 radical (unpaired) electrons. The van der Waals surface area contributed by atoms with Crippen molar-refractivity contribution in [3.63, 3.8) is 0 Å². The number of aliphatic hydroxyl groups is 1. The van der Waals surface area contributed by atoms with E-state index in [0.717, 1.165) is 66.7 Å². The molecule has 0 saturated carbocycles. The molecule has 1 aliphatic heterocycles. The molecule has 0 bridgehead atoms. The van der Waals surface area contributed by atoms with E-state index in [9.17, 15) is 19.5 Å². The Morgan fingerprint density at radius 3 is 2.39 bits per heavy atom. The van der Waals surface area contributed by atoms with Crippen LogP contribution in [-0.4, -0.2) is 101 Å². The molecule has 3 aromatic rings. The van der Waals surface area contributed by atoms with Crippen molar-refractivity contribution in [2.75, 3.05) is 44.9 Å². The molecule has 2 aromatic carbocycles. The third-order valence-electron chi connectivity index (χ3n) is 10.9. The third-order valence-corrected chi connectivity index (χ3v) is 10.9. The molecule has 0 aliphatic carbocycles. The minimum atomic E-state index is -0.965. The predicted octanol–water partition coefficient (Wildman–Crippen LogP) is 6.00. The number of nitrogens with one attached hydrogen (secondary N) is 3. The summed E-state index contributed by atoms with van der Waals surface area (Å²) in [5.41, 5.74) is 4.23. The summed E-state index contributed by atoms with van der Waals surface area (Å²) in [6.07, 6.45) is 3.45. The summed E-state index contributed by atoms with van der Waals surface area (Å²) in [5, 5.41) is 29.8. The van der Waals surface area contributed by atoms with Crippen LogP contribution in [0.3, 0.4) is 0 Å². The number of ether oxygens (including phenoxy) is 3. The predicted molar refractivity (Wildman–Crippen MR) is 222 cm³/mol. The molecule has 0 saturated heterocycles. The van der Waals surface area contributed by atoms with Crippen molar-refractivity contribution in [2.24, 2.45) is 0 Å². The number of methoxy groups -OCH3 is 1. The number of likely N-dealkylation sites (N-methyl/N-ethyl adjacent to an activating group) is 1. The average Bonchev–Trinajstić information content (AvgIpc) is 3.60. The first-order valence-corrected chi connectivity index (χ1v) is 20.5. The monoisotopic (exact) mass is 791 g/mol. The van der Waals surface area contributed by atoms with E-state index in [1.165, 1.54) is 0 Å². The molecule has 1 aromatic heterocycles. The molecule has 14 nitrogen and oxygen atoms in total. The Kier molecular flexibility index (Phi) is 17.5. The Balaban J connectivity index is 1.36. The molecule has 2 amide bonds. The Morgan fingerprint density at radius 2 is 1.67 bits per heavy atom. The quantitative estimate of drug-likeness (QED) is 0.0786. The minimum absolute atomic E-state index is 0.0646. The molecular formula is C43H65N7O7. The number of amides is 2. The molecular weight excluding hydrogens is 727 g/mol. The van der Waals surface area contributed by atoms with E-state index in [1.54, 1.807) is 18.7 Å². The topological polar surface area (TPSA) is 169 Å². The van der Waals surface area contributed by atoms with Gasteiger partial charge < -0.3 is 40.2 Å². The summed E-state index contributed by atoms with van der Waals surface area (Å²) < 4.78 is 19.0. The average molecular weight is 792 g/mol. The van der Waals surface area contributed by atoms with Crippen LogP contribution in [0.2, 0.25) is 0 Å². The number of benzene rings is 2. The van der Waals surface area contributed by atoms with Crippen LogP contribution in [0.15, 0.2) is 48.5 Å². The van der Waals surface area contributed by atoms with Gasteiger partial charge in [-0.3, -0.25) is 9.59 Å². The standard InChI is InChI=1S/C43H65N7O7/c1-8-43(6,55-7)24-28-57-42(4,5)23-26-45-37(52)21-22-38(53)49-30-32-16-10-11-17-33(32)39-40(34-18-12-13-20-36(34)49)50(48-47-39)27-29-56-41(54)46-25-15-14-19-35(31(3)51)44-9-2/h10-13,16-18,20,35,38,44,53H,8-9,14-15,19,21-30H2,1-7H3,(H,45,52)(H,46,54). The van der Waals surface area contributed by atoms with Gasteiger partial charge in [0.1, 0.15) is 24.3 Å². The number of alkyl carbamates (subject to hydrolysis) is 1. The van der Waals surface area contributed by atoms with Crippen LogP contribution in [0, 0.1) is 0 Å². The Labute approximate surface area is 338 Å². The van der Waals surface area contributed by atoms with Crippen LogP contribution in [0.5, 0.6) is 0 Å². The van der Waals surface area contributed by atoms with Gasteiger partial charge in [0.2, 0.25) is 5.91 Å².